The number of sulfone groups is 1. The molecular formula is C28H27NO2S. The topological polar surface area (TPSA) is 47.0 Å². The highest BCUT2D eigenvalue weighted by Crippen LogP contribution is 2.41. The second-order valence-electron chi connectivity index (χ2n) is 9.36. The van der Waals surface area contributed by atoms with Crippen LogP contribution in [0.15, 0.2) is 79.0 Å². The van der Waals surface area contributed by atoms with Crippen LogP contribution in [0.4, 0.5) is 0 Å². The molecule has 0 spiro atoms. The fraction of sp³-hybridized carbons (Fsp3) is 0.250. The molecule has 0 atom stereocenters. The van der Waals surface area contributed by atoms with Crippen LogP contribution in [-0.2, 0) is 14.6 Å². The molecule has 0 N–H and O–H groups in total. The summed E-state index contributed by atoms with van der Waals surface area (Å²) >= 11 is 0. The maximum absolute atomic E-state index is 12.5. The first-order chi connectivity index (χ1) is 15.2. The van der Waals surface area contributed by atoms with Gasteiger partial charge >= 0.3 is 0 Å². The highest BCUT2D eigenvalue weighted by Gasteiger charge is 2.33. The Balaban J connectivity index is 1.65. The lowest BCUT2D eigenvalue weighted by atomic mass is 9.92. The fourth-order valence-corrected chi connectivity index (χ4v) is 4.75. The van der Waals surface area contributed by atoms with Gasteiger partial charge in [-0.3, -0.25) is 4.98 Å². The molecule has 0 bridgehead atoms. The predicted molar refractivity (Wildman–Crippen MR) is 132 cm³/mol. The van der Waals surface area contributed by atoms with E-state index in [1.54, 1.807) is 20.0 Å². The van der Waals surface area contributed by atoms with Crippen molar-refractivity contribution in [3.8, 4) is 22.3 Å². The average molecular weight is 442 g/mol. The minimum absolute atomic E-state index is 0.744. The first-order valence-corrected chi connectivity index (χ1v) is 12.9. The predicted octanol–water partition coefficient (Wildman–Crippen LogP) is 6.73. The third-order valence-electron chi connectivity index (χ3n) is 6.79. The highest BCUT2D eigenvalue weighted by atomic mass is 32.2. The highest BCUT2D eigenvalue weighted by molar-refractivity contribution is 7.91. The van der Waals surface area contributed by atoms with E-state index < -0.39 is 14.6 Å². The molecule has 0 radical (unpaired) electrons. The Bertz CT molecular complexity index is 1420. The number of fused-ring (bicyclic) bond motifs is 1. The van der Waals surface area contributed by atoms with Crippen LogP contribution in [-0.4, -0.2) is 19.7 Å². The average Bonchev–Trinajstić information content (AvgIpc) is 3.63. The molecule has 3 nitrogen and oxygen atoms in total. The molecular weight excluding hydrogens is 414 g/mol. The Labute approximate surface area is 190 Å². The number of hydrogen-bond donors (Lipinski definition) is 0. The molecule has 0 aliphatic heterocycles. The summed E-state index contributed by atoms with van der Waals surface area (Å²) in [5.74, 6) is 0.744. The van der Waals surface area contributed by atoms with Crippen molar-refractivity contribution in [1.82, 2.24) is 4.98 Å². The number of rotatable bonds is 5. The fourth-order valence-electron chi connectivity index (χ4n) is 4.20. The van der Waals surface area contributed by atoms with Crippen LogP contribution in [0.3, 0.4) is 0 Å². The third-order valence-corrected chi connectivity index (χ3v) is 8.88. The zero-order valence-corrected chi connectivity index (χ0v) is 19.5. The lowest BCUT2D eigenvalue weighted by Crippen LogP contribution is -2.28. The molecule has 4 heteroatoms. The Morgan fingerprint density at radius 3 is 2.25 bits per heavy atom. The van der Waals surface area contributed by atoms with Gasteiger partial charge in [-0.15, -0.1) is 0 Å². The Hall–Kier alpha value is -2.98. The van der Waals surface area contributed by atoms with Gasteiger partial charge in [-0.2, -0.15) is 0 Å². The summed E-state index contributed by atoms with van der Waals surface area (Å²) in [7, 11) is -3.30. The zero-order valence-electron chi connectivity index (χ0n) is 18.7. The number of pyridine rings is 1. The molecule has 1 aliphatic rings. The van der Waals surface area contributed by atoms with Gasteiger partial charge in [0.2, 0.25) is 0 Å². The number of nitrogens with zero attached hydrogens (tertiary/aromatic N) is 1. The van der Waals surface area contributed by atoms with Crippen molar-refractivity contribution < 1.29 is 8.42 Å². The van der Waals surface area contributed by atoms with Gasteiger partial charge in [0.1, 0.15) is 0 Å². The van der Waals surface area contributed by atoms with Crippen LogP contribution < -0.4 is 0 Å². The second kappa shape index (κ2) is 7.56. The van der Waals surface area contributed by atoms with E-state index in [1.165, 1.54) is 30.2 Å². The van der Waals surface area contributed by atoms with E-state index in [0.29, 0.717) is 0 Å². The van der Waals surface area contributed by atoms with E-state index in [2.05, 4.69) is 53.5 Å². The quantitative estimate of drug-likeness (QED) is 0.345. The van der Waals surface area contributed by atoms with Crippen molar-refractivity contribution in [2.24, 2.45) is 0 Å². The Morgan fingerprint density at radius 1 is 0.844 bits per heavy atom. The van der Waals surface area contributed by atoms with Crippen molar-refractivity contribution in [3.05, 3.63) is 90.1 Å². The molecule has 4 aromatic rings. The van der Waals surface area contributed by atoms with Gasteiger partial charge in [-0.1, -0.05) is 48.5 Å². The first-order valence-electron chi connectivity index (χ1n) is 11.0. The number of benzene rings is 3. The minimum Gasteiger partial charge on any atom is -0.256 e. The van der Waals surface area contributed by atoms with E-state index in [-0.39, 0.29) is 0 Å². The molecule has 32 heavy (non-hydrogen) atoms. The first kappa shape index (κ1) is 20.9. The normalized spacial score (nSPS) is 14.6. The van der Waals surface area contributed by atoms with Gasteiger partial charge in [0.15, 0.2) is 9.84 Å². The Kier molecular flexibility index (Phi) is 4.94. The maximum atomic E-state index is 12.5. The molecule has 0 amide bonds. The van der Waals surface area contributed by atoms with Crippen molar-refractivity contribution in [3.63, 3.8) is 0 Å². The molecule has 0 unspecified atom stereocenters. The molecule has 1 aromatic heterocycles. The molecule has 3 aromatic carbocycles. The Morgan fingerprint density at radius 2 is 1.56 bits per heavy atom. The van der Waals surface area contributed by atoms with Gasteiger partial charge in [0.25, 0.3) is 0 Å². The maximum Gasteiger partial charge on any atom is 0.156 e. The van der Waals surface area contributed by atoms with E-state index in [9.17, 15) is 8.42 Å². The van der Waals surface area contributed by atoms with Crippen molar-refractivity contribution in [2.45, 2.75) is 37.4 Å². The SMILES string of the molecule is CC(C)(c1cc(-c2cccc(-c3ccc(C4CC4)cc3)c2)c2ncccc2c1)S(C)(=O)=O. The van der Waals surface area contributed by atoms with Gasteiger partial charge < -0.3 is 0 Å². The van der Waals surface area contributed by atoms with Crippen LogP contribution in [0.5, 0.6) is 0 Å². The van der Waals surface area contributed by atoms with E-state index in [0.717, 1.165) is 39.1 Å². The van der Waals surface area contributed by atoms with Crippen molar-refractivity contribution in [2.75, 3.05) is 6.26 Å². The molecule has 5 rings (SSSR count). The van der Waals surface area contributed by atoms with Crippen molar-refractivity contribution in [1.29, 1.82) is 0 Å². The van der Waals surface area contributed by atoms with Crippen LogP contribution in [0.1, 0.15) is 43.7 Å². The van der Waals surface area contributed by atoms with E-state index in [1.807, 2.05) is 24.3 Å². The van der Waals surface area contributed by atoms with Crippen LogP contribution in [0, 0.1) is 0 Å². The van der Waals surface area contributed by atoms with Crippen LogP contribution in [0.2, 0.25) is 0 Å². The van der Waals surface area contributed by atoms with Crippen LogP contribution >= 0.6 is 0 Å². The molecule has 1 heterocycles. The third kappa shape index (κ3) is 3.73. The lowest BCUT2D eigenvalue weighted by Gasteiger charge is -2.24. The van der Waals surface area contributed by atoms with E-state index in [4.69, 9.17) is 0 Å². The van der Waals surface area contributed by atoms with Crippen molar-refractivity contribution >= 4 is 20.7 Å². The smallest absolute Gasteiger partial charge is 0.156 e. The summed E-state index contributed by atoms with van der Waals surface area (Å²) in [5, 5.41) is 0.941. The van der Waals surface area contributed by atoms with E-state index >= 15 is 0 Å². The van der Waals surface area contributed by atoms with Gasteiger partial charge in [-0.25, -0.2) is 8.42 Å². The monoisotopic (exact) mass is 441 g/mol. The van der Waals surface area contributed by atoms with Crippen LogP contribution in [0.25, 0.3) is 33.2 Å². The molecule has 1 saturated carbocycles. The minimum atomic E-state index is -3.30. The number of aromatic nitrogens is 1. The summed E-state index contributed by atoms with van der Waals surface area (Å²) in [6.45, 7) is 3.53. The summed E-state index contributed by atoms with van der Waals surface area (Å²) < 4.78 is 24.1. The molecule has 1 aliphatic carbocycles. The molecule has 1 fully saturated rings. The number of hydrogen-bond acceptors (Lipinski definition) is 3. The second-order valence-corrected chi connectivity index (χ2v) is 11.9. The zero-order chi connectivity index (χ0) is 22.5. The van der Waals surface area contributed by atoms with Gasteiger partial charge in [0.05, 0.1) is 10.3 Å². The summed E-state index contributed by atoms with van der Waals surface area (Å²) in [4.78, 5) is 4.63. The van der Waals surface area contributed by atoms with Gasteiger partial charge in [0, 0.05) is 23.4 Å². The standard InChI is InChI=1S/C28H27NO2S/c1-28(2,32(3,30)31)25-17-24-8-5-15-29-27(24)26(18-25)23-7-4-6-22(16-23)21-13-11-20(12-14-21)19-9-10-19/h4-8,11-19H,9-10H2,1-3H3. The lowest BCUT2D eigenvalue weighted by molar-refractivity contribution is 0.561. The summed E-state index contributed by atoms with van der Waals surface area (Å²) in [6.07, 6.45) is 5.68. The largest absolute Gasteiger partial charge is 0.256 e. The molecule has 162 valence electrons. The molecule has 0 saturated heterocycles. The summed E-state index contributed by atoms with van der Waals surface area (Å²) in [5.41, 5.74) is 7.38. The van der Waals surface area contributed by atoms with Gasteiger partial charge in [-0.05, 0) is 84.7 Å². The summed E-state index contributed by atoms with van der Waals surface area (Å²) in [6, 6.07) is 25.1.